The number of rotatable bonds is 6. The number of benzene rings is 1. The van der Waals surface area contributed by atoms with Crippen LogP contribution < -0.4 is 19.1 Å². The summed E-state index contributed by atoms with van der Waals surface area (Å²) in [6.07, 6.45) is 2.24. The average Bonchev–Trinajstić information content (AvgIpc) is 2.68. The largest absolute Gasteiger partial charge is 0.497 e. The molecular weight excluding hydrogens is 368 g/mol. The van der Waals surface area contributed by atoms with Gasteiger partial charge in [-0.2, -0.15) is 0 Å². The molecule has 0 aliphatic carbocycles. The van der Waals surface area contributed by atoms with Crippen LogP contribution in [0, 0.1) is 5.92 Å². The Balaban J connectivity index is 1.76. The van der Waals surface area contributed by atoms with Gasteiger partial charge in [-0.1, -0.05) is 6.92 Å². The van der Waals surface area contributed by atoms with Gasteiger partial charge in [0.1, 0.15) is 16.4 Å². The van der Waals surface area contributed by atoms with E-state index in [-0.39, 0.29) is 16.5 Å². The van der Waals surface area contributed by atoms with Crippen LogP contribution in [0.15, 0.2) is 35.2 Å². The van der Waals surface area contributed by atoms with Crippen molar-refractivity contribution in [2.45, 2.75) is 24.7 Å². The lowest BCUT2D eigenvalue weighted by Gasteiger charge is -2.30. The topological polar surface area (TPSA) is 93.7 Å². The molecule has 1 aliphatic rings. The summed E-state index contributed by atoms with van der Waals surface area (Å²) in [4.78, 5) is 2.17. The van der Waals surface area contributed by atoms with Crippen molar-refractivity contribution in [3.63, 3.8) is 0 Å². The zero-order chi connectivity index (χ0) is 19.4. The predicted molar refractivity (Wildman–Crippen MR) is 103 cm³/mol. The Morgan fingerprint density at radius 2 is 1.81 bits per heavy atom. The molecule has 146 valence electrons. The molecule has 8 nitrogen and oxygen atoms in total. The second-order valence-corrected chi connectivity index (χ2v) is 8.22. The van der Waals surface area contributed by atoms with Crippen LogP contribution in [0.5, 0.6) is 11.5 Å². The van der Waals surface area contributed by atoms with E-state index in [9.17, 15) is 8.42 Å². The molecule has 3 rings (SSSR count). The molecule has 0 spiro atoms. The van der Waals surface area contributed by atoms with Crippen LogP contribution in [0.3, 0.4) is 0 Å². The lowest BCUT2D eigenvalue weighted by Crippen LogP contribution is -2.33. The third kappa shape index (κ3) is 4.41. The number of hydrogen-bond acceptors (Lipinski definition) is 7. The van der Waals surface area contributed by atoms with Crippen LogP contribution >= 0.6 is 0 Å². The van der Waals surface area contributed by atoms with E-state index in [2.05, 4.69) is 26.7 Å². The molecule has 0 amide bonds. The molecular formula is C18H24N4O4S. The monoisotopic (exact) mass is 392 g/mol. The van der Waals surface area contributed by atoms with Crippen LogP contribution in [0.25, 0.3) is 0 Å². The predicted octanol–water partition coefficient (Wildman–Crippen LogP) is 2.53. The van der Waals surface area contributed by atoms with E-state index in [1.54, 1.807) is 18.2 Å². The minimum atomic E-state index is -3.87. The van der Waals surface area contributed by atoms with Crippen LogP contribution in [0.2, 0.25) is 0 Å². The highest BCUT2D eigenvalue weighted by Gasteiger charge is 2.22. The first-order valence-corrected chi connectivity index (χ1v) is 10.2. The maximum Gasteiger partial charge on any atom is 0.266 e. The van der Waals surface area contributed by atoms with E-state index >= 15 is 0 Å². The number of ether oxygens (including phenoxy) is 2. The van der Waals surface area contributed by atoms with Gasteiger partial charge in [0.05, 0.1) is 14.2 Å². The molecule has 0 radical (unpaired) electrons. The molecule has 0 unspecified atom stereocenters. The number of piperidine rings is 1. The van der Waals surface area contributed by atoms with E-state index in [1.165, 1.54) is 26.4 Å². The van der Waals surface area contributed by atoms with Gasteiger partial charge in [-0.15, -0.1) is 10.2 Å². The Morgan fingerprint density at radius 3 is 2.41 bits per heavy atom. The van der Waals surface area contributed by atoms with Crippen molar-refractivity contribution in [1.82, 2.24) is 10.2 Å². The van der Waals surface area contributed by atoms with E-state index < -0.39 is 10.0 Å². The van der Waals surface area contributed by atoms with Gasteiger partial charge in [0.25, 0.3) is 10.0 Å². The Bertz CT molecular complexity index is 879. The van der Waals surface area contributed by atoms with Gasteiger partial charge in [-0.25, -0.2) is 8.42 Å². The lowest BCUT2D eigenvalue weighted by molar-refractivity contribution is 0.386. The van der Waals surface area contributed by atoms with Crippen molar-refractivity contribution in [3.8, 4) is 11.5 Å². The second kappa shape index (κ2) is 7.99. The Morgan fingerprint density at radius 1 is 1.07 bits per heavy atom. The molecule has 1 fully saturated rings. The Hall–Kier alpha value is -2.55. The molecule has 1 aliphatic heterocycles. The van der Waals surface area contributed by atoms with Crippen LogP contribution in [-0.4, -0.2) is 45.9 Å². The molecule has 1 aromatic heterocycles. The summed E-state index contributed by atoms with van der Waals surface area (Å²) in [5, 5.41) is 8.20. The number of nitrogens with zero attached hydrogens (tertiary/aromatic N) is 3. The molecule has 27 heavy (non-hydrogen) atoms. The summed E-state index contributed by atoms with van der Waals surface area (Å²) in [6, 6.07) is 7.90. The number of anilines is 2. The molecule has 1 N–H and O–H groups in total. The van der Waals surface area contributed by atoms with Crippen molar-refractivity contribution in [1.29, 1.82) is 0 Å². The van der Waals surface area contributed by atoms with Crippen molar-refractivity contribution >= 4 is 21.7 Å². The Kier molecular flexibility index (Phi) is 5.69. The Labute approximate surface area is 159 Å². The highest BCUT2D eigenvalue weighted by Crippen LogP contribution is 2.29. The summed E-state index contributed by atoms with van der Waals surface area (Å²) in [5.74, 6) is 2.33. The van der Waals surface area contributed by atoms with Gasteiger partial charge in [0, 0.05) is 19.2 Å². The van der Waals surface area contributed by atoms with E-state index in [0.29, 0.717) is 5.75 Å². The zero-order valence-corrected chi connectivity index (χ0v) is 16.5. The van der Waals surface area contributed by atoms with E-state index in [1.807, 2.05) is 0 Å². The fourth-order valence-corrected chi connectivity index (χ4v) is 4.12. The smallest absolute Gasteiger partial charge is 0.266 e. The summed E-state index contributed by atoms with van der Waals surface area (Å²) >= 11 is 0. The first kappa shape index (κ1) is 19.2. The number of methoxy groups -OCH3 is 2. The van der Waals surface area contributed by atoms with Crippen molar-refractivity contribution < 1.29 is 17.9 Å². The number of aromatic nitrogens is 2. The highest BCUT2D eigenvalue weighted by atomic mass is 32.2. The maximum atomic E-state index is 12.7. The van der Waals surface area contributed by atoms with Gasteiger partial charge in [-0.05, 0) is 43.0 Å². The highest BCUT2D eigenvalue weighted by molar-refractivity contribution is 7.92. The van der Waals surface area contributed by atoms with E-state index in [0.717, 1.165) is 37.7 Å². The normalized spacial score (nSPS) is 15.4. The summed E-state index contributed by atoms with van der Waals surface area (Å²) in [5.41, 5.74) is 0. The van der Waals surface area contributed by atoms with Crippen LogP contribution in [0.1, 0.15) is 19.8 Å². The molecule has 0 atom stereocenters. The van der Waals surface area contributed by atoms with Crippen LogP contribution in [0.4, 0.5) is 11.6 Å². The molecule has 1 saturated heterocycles. The molecule has 0 bridgehead atoms. The maximum absolute atomic E-state index is 12.7. The molecule has 0 saturated carbocycles. The van der Waals surface area contributed by atoms with Gasteiger partial charge in [0.15, 0.2) is 11.6 Å². The van der Waals surface area contributed by atoms with Crippen LogP contribution in [-0.2, 0) is 10.0 Å². The SMILES string of the molecule is COc1ccc(S(=O)(=O)Nc2ccc(N3CCC(C)CC3)nn2)c(OC)c1. The second-order valence-electron chi connectivity index (χ2n) is 6.57. The third-order valence-electron chi connectivity index (χ3n) is 4.66. The van der Waals surface area contributed by atoms with Gasteiger partial charge in [-0.3, -0.25) is 4.72 Å². The lowest BCUT2D eigenvalue weighted by atomic mass is 9.99. The van der Waals surface area contributed by atoms with Crippen molar-refractivity contribution in [2.24, 2.45) is 5.92 Å². The van der Waals surface area contributed by atoms with Gasteiger partial charge >= 0.3 is 0 Å². The van der Waals surface area contributed by atoms with Crippen molar-refractivity contribution in [3.05, 3.63) is 30.3 Å². The standard InChI is InChI=1S/C18H24N4O4S/c1-13-8-10-22(11-9-13)18-7-6-17(19-20-18)21-27(23,24)16-5-4-14(25-2)12-15(16)26-3/h4-7,12-13H,8-11H2,1-3H3,(H,19,21). The third-order valence-corrected chi connectivity index (χ3v) is 6.05. The molecule has 9 heteroatoms. The van der Waals surface area contributed by atoms with Gasteiger partial charge in [0.2, 0.25) is 0 Å². The summed E-state index contributed by atoms with van der Waals surface area (Å²) in [7, 11) is -0.967. The fraction of sp³-hybridized carbons (Fsp3) is 0.444. The average molecular weight is 392 g/mol. The summed E-state index contributed by atoms with van der Waals surface area (Å²) < 4.78 is 38.1. The quantitative estimate of drug-likeness (QED) is 0.807. The first-order valence-electron chi connectivity index (χ1n) is 8.76. The molecule has 2 aromatic rings. The number of nitrogens with one attached hydrogen (secondary N) is 1. The summed E-state index contributed by atoms with van der Waals surface area (Å²) in [6.45, 7) is 4.11. The van der Waals surface area contributed by atoms with Gasteiger partial charge < -0.3 is 14.4 Å². The molecule has 1 aromatic carbocycles. The van der Waals surface area contributed by atoms with Crippen molar-refractivity contribution in [2.75, 3.05) is 36.9 Å². The molecule has 2 heterocycles. The zero-order valence-electron chi connectivity index (χ0n) is 15.7. The minimum absolute atomic E-state index is 0.00157. The number of hydrogen-bond donors (Lipinski definition) is 1. The van der Waals surface area contributed by atoms with E-state index in [4.69, 9.17) is 9.47 Å². The number of sulfonamides is 1. The first-order chi connectivity index (χ1) is 12.9. The fourth-order valence-electron chi connectivity index (χ4n) is 2.98. The minimum Gasteiger partial charge on any atom is -0.497 e.